The fourth-order valence-corrected chi connectivity index (χ4v) is 2.73. The van der Waals surface area contributed by atoms with Crippen LogP contribution in [0.15, 0.2) is 16.6 Å². The molecule has 0 unspecified atom stereocenters. The van der Waals surface area contributed by atoms with E-state index >= 15 is 0 Å². The van der Waals surface area contributed by atoms with Gasteiger partial charge in [-0.1, -0.05) is 23.2 Å². The van der Waals surface area contributed by atoms with Gasteiger partial charge in [-0.05, 0) is 48.8 Å². The van der Waals surface area contributed by atoms with Gasteiger partial charge in [-0.15, -0.1) is 0 Å². The molecule has 1 fully saturated rings. The Hall–Kier alpha value is -0.650. The van der Waals surface area contributed by atoms with E-state index in [0.29, 0.717) is 23.1 Å². The zero-order valence-corrected chi connectivity index (χ0v) is 15.1. The zero-order chi connectivity index (χ0) is 15.8. The highest BCUT2D eigenvalue weighted by molar-refractivity contribution is 9.10. The summed E-state index contributed by atoms with van der Waals surface area (Å²) in [5, 5.41) is 4.23. The summed E-state index contributed by atoms with van der Waals surface area (Å²) in [6.45, 7) is 6.72. The van der Waals surface area contributed by atoms with Gasteiger partial charge in [0.15, 0.2) is 0 Å². The van der Waals surface area contributed by atoms with E-state index in [4.69, 9.17) is 27.9 Å². The van der Waals surface area contributed by atoms with E-state index in [0.717, 1.165) is 10.2 Å². The molecule has 2 rings (SSSR count). The topological polar surface area (TPSA) is 41.6 Å². The minimum absolute atomic E-state index is 0.146. The molecule has 1 saturated heterocycles. The lowest BCUT2D eigenvalue weighted by atomic mass is 10.1. The molecule has 1 aliphatic rings. The number of amides is 1. The molecular formula is C14H17BrCl2N2O2. The first kappa shape index (κ1) is 16.7. The van der Waals surface area contributed by atoms with Gasteiger partial charge >= 0.3 is 6.09 Å². The molecule has 1 heterocycles. The summed E-state index contributed by atoms with van der Waals surface area (Å²) in [4.78, 5) is 13.5. The standard InChI is InChI=1S/C14H17BrCl2N2O2/c1-14(2,3)21-13(20)19-6-8(7-19)18-10-5-4-9(15)11(16)12(10)17/h4-5,8,18H,6-7H2,1-3H3. The molecule has 0 spiro atoms. The predicted octanol–water partition coefficient (Wildman–Crippen LogP) is 4.79. The number of nitrogens with zero attached hydrogens (tertiary/aromatic N) is 1. The third-order valence-electron chi connectivity index (χ3n) is 2.93. The number of benzene rings is 1. The summed E-state index contributed by atoms with van der Waals surface area (Å²) < 4.78 is 6.06. The normalized spacial score (nSPS) is 15.6. The van der Waals surface area contributed by atoms with Gasteiger partial charge in [0.05, 0.1) is 21.8 Å². The highest BCUT2D eigenvalue weighted by Crippen LogP contribution is 2.36. The Bertz CT molecular complexity index is 555. The number of likely N-dealkylation sites (tertiary alicyclic amines) is 1. The maximum Gasteiger partial charge on any atom is 0.410 e. The molecule has 116 valence electrons. The van der Waals surface area contributed by atoms with Crippen LogP contribution < -0.4 is 5.32 Å². The third kappa shape index (κ3) is 4.18. The van der Waals surface area contributed by atoms with Crippen LogP contribution in [0.5, 0.6) is 0 Å². The molecule has 0 aliphatic carbocycles. The van der Waals surface area contributed by atoms with Crippen molar-refractivity contribution in [2.75, 3.05) is 18.4 Å². The van der Waals surface area contributed by atoms with Crippen LogP contribution in [-0.2, 0) is 4.74 Å². The average molecular weight is 396 g/mol. The molecule has 21 heavy (non-hydrogen) atoms. The van der Waals surface area contributed by atoms with Crippen molar-refractivity contribution in [2.45, 2.75) is 32.4 Å². The summed E-state index contributed by atoms with van der Waals surface area (Å²) in [5.74, 6) is 0. The van der Waals surface area contributed by atoms with E-state index < -0.39 is 5.60 Å². The lowest BCUT2D eigenvalue weighted by Gasteiger charge is -2.40. The first-order valence-corrected chi connectivity index (χ1v) is 8.10. The Morgan fingerprint density at radius 1 is 1.33 bits per heavy atom. The van der Waals surface area contributed by atoms with Gasteiger partial charge in [-0.2, -0.15) is 0 Å². The minimum atomic E-state index is -0.474. The SMILES string of the molecule is CC(C)(C)OC(=O)N1CC(Nc2ccc(Br)c(Cl)c2Cl)C1. The Balaban J connectivity index is 1.89. The van der Waals surface area contributed by atoms with E-state index in [-0.39, 0.29) is 12.1 Å². The Kier molecular flexibility index (Phi) is 4.96. The van der Waals surface area contributed by atoms with Crippen molar-refractivity contribution in [3.05, 3.63) is 26.7 Å². The van der Waals surface area contributed by atoms with Crippen LogP contribution in [0.1, 0.15) is 20.8 Å². The molecule has 1 N–H and O–H groups in total. The zero-order valence-electron chi connectivity index (χ0n) is 12.0. The molecule has 1 aromatic rings. The first-order valence-electron chi connectivity index (χ1n) is 6.55. The molecule has 0 bridgehead atoms. The van der Waals surface area contributed by atoms with Crippen molar-refractivity contribution in [3.63, 3.8) is 0 Å². The average Bonchev–Trinajstić information content (AvgIpc) is 2.30. The molecule has 1 aliphatic heterocycles. The van der Waals surface area contributed by atoms with Gasteiger partial charge in [0.1, 0.15) is 5.60 Å². The van der Waals surface area contributed by atoms with Gasteiger partial charge in [0.25, 0.3) is 0 Å². The summed E-state index contributed by atoms with van der Waals surface area (Å²) >= 11 is 15.6. The van der Waals surface area contributed by atoms with E-state index in [1.54, 1.807) is 4.90 Å². The molecule has 4 nitrogen and oxygen atoms in total. The number of rotatable bonds is 2. The second-order valence-electron chi connectivity index (χ2n) is 5.95. The lowest BCUT2D eigenvalue weighted by Crippen LogP contribution is -2.57. The third-order valence-corrected chi connectivity index (χ3v) is 4.70. The van der Waals surface area contributed by atoms with E-state index in [2.05, 4.69) is 21.2 Å². The number of carbonyl (C=O) groups excluding carboxylic acids is 1. The highest BCUT2D eigenvalue weighted by Gasteiger charge is 2.33. The quantitative estimate of drug-likeness (QED) is 0.732. The molecule has 7 heteroatoms. The van der Waals surface area contributed by atoms with Crippen molar-refractivity contribution in [1.82, 2.24) is 4.90 Å². The summed E-state index contributed by atoms with van der Waals surface area (Å²) in [6, 6.07) is 3.84. The Labute approximate surface area is 142 Å². The number of anilines is 1. The second-order valence-corrected chi connectivity index (χ2v) is 7.56. The van der Waals surface area contributed by atoms with Gasteiger partial charge in [0.2, 0.25) is 0 Å². The molecule has 1 aromatic carbocycles. The van der Waals surface area contributed by atoms with Gasteiger partial charge in [-0.3, -0.25) is 0 Å². The Morgan fingerprint density at radius 2 is 1.95 bits per heavy atom. The van der Waals surface area contributed by atoms with E-state index in [1.807, 2.05) is 32.9 Å². The fourth-order valence-electron chi connectivity index (χ4n) is 1.90. The highest BCUT2D eigenvalue weighted by atomic mass is 79.9. The summed E-state index contributed by atoms with van der Waals surface area (Å²) in [7, 11) is 0. The van der Waals surface area contributed by atoms with Crippen LogP contribution in [0.3, 0.4) is 0 Å². The smallest absolute Gasteiger partial charge is 0.410 e. The van der Waals surface area contributed by atoms with Crippen molar-refractivity contribution in [1.29, 1.82) is 0 Å². The lowest BCUT2D eigenvalue weighted by molar-refractivity contribution is 0.0105. The van der Waals surface area contributed by atoms with Crippen molar-refractivity contribution in [3.8, 4) is 0 Å². The molecule has 0 saturated carbocycles. The summed E-state index contributed by atoms with van der Waals surface area (Å²) in [5.41, 5.74) is 0.289. The van der Waals surface area contributed by atoms with Gasteiger partial charge < -0.3 is 15.0 Å². The molecule has 0 aromatic heterocycles. The maximum absolute atomic E-state index is 11.8. The fraction of sp³-hybridized carbons (Fsp3) is 0.500. The van der Waals surface area contributed by atoms with Gasteiger partial charge in [0, 0.05) is 17.6 Å². The number of ether oxygens (including phenoxy) is 1. The minimum Gasteiger partial charge on any atom is -0.444 e. The monoisotopic (exact) mass is 394 g/mol. The van der Waals surface area contributed by atoms with Crippen molar-refractivity contribution < 1.29 is 9.53 Å². The number of carbonyl (C=O) groups is 1. The second kappa shape index (κ2) is 6.23. The predicted molar refractivity (Wildman–Crippen MR) is 89.4 cm³/mol. The van der Waals surface area contributed by atoms with Crippen LogP contribution in [-0.4, -0.2) is 35.7 Å². The molecule has 0 atom stereocenters. The van der Waals surface area contributed by atoms with Crippen LogP contribution >= 0.6 is 39.1 Å². The maximum atomic E-state index is 11.8. The van der Waals surface area contributed by atoms with Crippen LogP contribution in [0.2, 0.25) is 10.0 Å². The van der Waals surface area contributed by atoms with Crippen molar-refractivity contribution in [2.24, 2.45) is 0 Å². The first-order chi connectivity index (χ1) is 9.67. The van der Waals surface area contributed by atoms with Crippen molar-refractivity contribution >= 4 is 50.9 Å². The molecular weight excluding hydrogens is 379 g/mol. The molecule has 0 radical (unpaired) electrons. The van der Waals surface area contributed by atoms with Crippen LogP contribution in [0.25, 0.3) is 0 Å². The summed E-state index contributed by atoms with van der Waals surface area (Å²) in [6.07, 6.45) is -0.291. The van der Waals surface area contributed by atoms with E-state index in [1.165, 1.54) is 0 Å². The number of nitrogens with one attached hydrogen (secondary N) is 1. The number of hydrogen-bond acceptors (Lipinski definition) is 3. The Morgan fingerprint density at radius 3 is 2.52 bits per heavy atom. The van der Waals surface area contributed by atoms with Crippen LogP contribution in [0, 0.1) is 0 Å². The largest absolute Gasteiger partial charge is 0.444 e. The van der Waals surface area contributed by atoms with Crippen LogP contribution in [0.4, 0.5) is 10.5 Å². The number of halogens is 3. The van der Waals surface area contributed by atoms with E-state index in [9.17, 15) is 4.79 Å². The van der Waals surface area contributed by atoms with Gasteiger partial charge in [-0.25, -0.2) is 4.79 Å². The molecule has 1 amide bonds. The number of hydrogen-bond donors (Lipinski definition) is 1.